The van der Waals surface area contributed by atoms with Crippen LogP contribution in [0.15, 0.2) is 0 Å². The Bertz CT molecular complexity index is 237. The molecule has 1 rings (SSSR count). The van der Waals surface area contributed by atoms with Gasteiger partial charge in [-0.2, -0.15) is 11.8 Å². The van der Waals surface area contributed by atoms with Gasteiger partial charge in [0.1, 0.15) is 6.04 Å². The monoisotopic (exact) mass is 231 g/mol. The van der Waals surface area contributed by atoms with Crippen molar-refractivity contribution in [3.8, 4) is 0 Å². The lowest BCUT2D eigenvalue weighted by molar-refractivity contribution is -0.142. The van der Waals surface area contributed by atoms with Crippen molar-refractivity contribution < 1.29 is 14.7 Å². The Morgan fingerprint density at radius 3 is 2.80 bits per heavy atom. The van der Waals surface area contributed by atoms with Crippen LogP contribution in [0.3, 0.4) is 0 Å². The number of carboxylic acid groups (broad SMARTS) is 1. The van der Waals surface area contributed by atoms with Crippen molar-refractivity contribution in [2.24, 2.45) is 5.92 Å². The highest BCUT2D eigenvalue weighted by molar-refractivity contribution is 7.99. The second kappa shape index (κ2) is 6.00. The van der Waals surface area contributed by atoms with Crippen LogP contribution in [0, 0.1) is 5.92 Å². The molecule has 2 N–H and O–H groups in total. The molecule has 1 amide bonds. The van der Waals surface area contributed by atoms with Crippen molar-refractivity contribution >= 4 is 23.6 Å². The van der Waals surface area contributed by atoms with Crippen LogP contribution in [0.4, 0.5) is 0 Å². The lowest BCUT2D eigenvalue weighted by atomic mass is 9.99. The molecule has 1 heterocycles. The van der Waals surface area contributed by atoms with Gasteiger partial charge in [0.25, 0.3) is 0 Å². The minimum Gasteiger partial charge on any atom is -0.480 e. The molecule has 5 heteroatoms. The summed E-state index contributed by atoms with van der Waals surface area (Å²) in [7, 11) is 0. The number of hydrogen-bond donors (Lipinski definition) is 2. The summed E-state index contributed by atoms with van der Waals surface area (Å²) in [4.78, 5) is 22.2. The third kappa shape index (κ3) is 4.11. The summed E-state index contributed by atoms with van der Waals surface area (Å²) >= 11 is 1.87. The summed E-state index contributed by atoms with van der Waals surface area (Å²) < 4.78 is 0. The molecule has 2 atom stereocenters. The predicted molar refractivity (Wildman–Crippen MR) is 59.9 cm³/mol. The van der Waals surface area contributed by atoms with Crippen LogP contribution in [0.25, 0.3) is 0 Å². The van der Waals surface area contributed by atoms with E-state index in [0.29, 0.717) is 0 Å². The van der Waals surface area contributed by atoms with Crippen LogP contribution in [0.5, 0.6) is 0 Å². The highest BCUT2D eigenvalue weighted by Crippen LogP contribution is 2.22. The molecular formula is C10H17NO3S. The van der Waals surface area contributed by atoms with Crippen molar-refractivity contribution in [1.82, 2.24) is 5.32 Å². The summed E-state index contributed by atoms with van der Waals surface area (Å²) in [6.45, 7) is 1.49. The maximum absolute atomic E-state index is 11.7. The van der Waals surface area contributed by atoms with Crippen LogP contribution < -0.4 is 5.32 Å². The molecule has 86 valence electrons. The molecule has 0 spiro atoms. The van der Waals surface area contributed by atoms with Gasteiger partial charge >= 0.3 is 5.97 Å². The number of carboxylic acids is 1. The van der Waals surface area contributed by atoms with Crippen LogP contribution >= 0.6 is 11.8 Å². The smallest absolute Gasteiger partial charge is 0.325 e. The number of carbonyl (C=O) groups is 2. The van der Waals surface area contributed by atoms with Gasteiger partial charge in [-0.3, -0.25) is 9.59 Å². The van der Waals surface area contributed by atoms with Gasteiger partial charge in [0.15, 0.2) is 0 Å². The summed E-state index contributed by atoms with van der Waals surface area (Å²) in [5.41, 5.74) is 0. The third-order valence-corrected chi connectivity index (χ3v) is 3.65. The molecule has 0 aromatic heterocycles. The zero-order valence-corrected chi connectivity index (χ0v) is 9.68. The number of hydrogen-bond acceptors (Lipinski definition) is 3. The van der Waals surface area contributed by atoms with E-state index < -0.39 is 12.0 Å². The molecule has 1 aliphatic rings. The van der Waals surface area contributed by atoms with Crippen LogP contribution in [0.1, 0.15) is 26.2 Å². The van der Waals surface area contributed by atoms with Gasteiger partial charge in [0.2, 0.25) is 5.91 Å². The predicted octanol–water partition coefficient (Wildman–Crippen LogP) is 1.11. The first-order valence-electron chi connectivity index (χ1n) is 5.22. The molecule has 0 saturated carbocycles. The molecule has 0 bridgehead atoms. The van der Waals surface area contributed by atoms with Gasteiger partial charge in [-0.15, -0.1) is 0 Å². The van der Waals surface area contributed by atoms with Gasteiger partial charge in [-0.05, 0) is 37.7 Å². The van der Waals surface area contributed by atoms with Gasteiger partial charge in [0, 0.05) is 5.92 Å². The van der Waals surface area contributed by atoms with Crippen molar-refractivity contribution in [2.45, 2.75) is 32.2 Å². The quantitative estimate of drug-likeness (QED) is 0.763. The fourth-order valence-electron chi connectivity index (χ4n) is 1.56. The summed E-state index contributed by atoms with van der Waals surface area (Å²) in [5.74, 6) is 1.03. The highest BCUT2D eigenvalue weighted by Gasteiger charge is 2.23. The SMILES string of the molecule is C[C@@H](NC(=O)C1CCCSCC1)C(=O)O. The van der Waals surface area contributed by atoms with E-state index in [1.165, 1.54) is 6.92 Å². The van der Waals surface area contributed by atoms with Crippen molar-refractivity contribution in [2.75, 3.05) is 11.5 Å². The molecule has 0 aromatic rings. The van der Waals surface area contributed by atoms with E-state index in [-0.39, 0.29) is 11.8 Å². The lowest BCUT2D eigenvalue weighted by Gasteiger charge is -2.16. The maximum Gasteiger partial charge on any atom is 0.325 e. The fourth-order valence-corrected chi connectivity index (χ4v) is 2.59. The molecule has 1 fully saturated rings. The molecule has 1 saturated heterocycles. The summed E-state index contributed by atoms with van der Waals surface area (Å²) in [5, 5.41) is 11.2. The van der Waals surface area contributed by atoms with E-state index in [2.05, 4.69) is 5.32 Å². The summed E-state index contributed by atoms with van der Waals surface area (Å²) in [6, 6.07) is -0.784. The first-order valence-corrected chi connectivity index (χ1v) is 6.37. The largest absolute Gasteiger partial charge is 0.480 e. The Kier molecular flexibility index (Phi) is 4.94. The number of rotatable bonds is 3. The average molecular weight is 231 g/mol. The Balaban J connectivity index is 2.41. The van der Waals surface area contributed by atoms with Crippen molar-refractivity contribution in [1.29, 1.82) is 0 Å². The van der Waals surface area contributed by atoms with Crippen LogP contribution in [-0.4, -0.2) is 34.5 Å². The lowest BCUT2D eigenvalue weighted by Crippen LogP contribution is -2.41. The van der Waals surface area contributed by atoms with Gasteiger partial charge in [-0.1, -0.05) is 0 Å². The molecule has 4 nitrogen and oxygen atoms in total. The van der Waals surface area contributed by atoms with Crippen molar-refractivity contribution in [3.05, 3.63) is 0 Å². The van der Waals surface area contributed by atoms with Gasteiger partial charge < -0.3 is 10.4 Å². The Hall–Kier alpha value is -0.710. The van der Waals surface area contributed by atoms with Gasteiger partial charge in [-0.25, -0.2) is 0 Å². The Morgan fingerprint density at radius 2 is 2.13 bits per heavy atom. The first kappa shape index (κ1) is 12.4. The van der Waals surface area contributed by atoms with Crippen LogP contribution in [0.2, 0.25) is 0 Å². The number of aliphatic carboxylic acids is 1. The zero-order chi connectivity index (χ0) is 11.3. The molecule has 1 unspecified atom stereocenters. The third-order valence-electron chi connectivity index (χ3n) is 2.55. The number of carbonyl (C=O) groups excluding carboxylic acids is 1. The maximum atomic E-state index is 11.7. The Morgan fingerprint density at radius 1 is 1.40 bits per heavy atom. The van der Waals surface area contributed by atoms with Crippen molar-refractivity contribution in [3.63, 3.8) is 0 Å². The van der Waals surface area contributed by atoms with Crippen LogP contribution in [-0.2, 0) is 9.59 Å². The van der Waals surface area contributed by atoms with E-state index in [9.17, 15) is 9.59 Å². The molecular weight excluding hydrogens is 214 g/mol. The molecule has 0 aromatic carbocycles. The van der Waals surface area contributed by atoms with E-state index in [1.54, 1.807) is 0 Å². The second-order valence-electron chi connectivity index (χ2n) is 3.81. The molecule has 15 heavy (non-hydrogen) atoms. The van der Waals surface area contributed by atoms with Gasteiger partial charge in [0.05, 0.1) is 0 Å². The van der Waals surface area contributed by atoms with E-state index in [0.717, 1.165) is 30.8 Å². The molecule has 0 aliphatic carbocycles. The standard InChI is InChI=1S/C10H17NO3S/c1-7(10(13)14)11-9(12)8-3-2-5-15-6-4-8/h7-8H,2-6H2,1H3,(H,11,12)(H,13,14)/t7-,8?/m1/s1. The molecule has 1 aliphatic heterocycles. The Labute approximate surface area is 93.8 Å². The zero-order valence-electron chi connectivity index (χ0n) is 8.86. The van der Waals surface area contributed by atoms with E-state index in [4.69, 9.17) is 5.11 Å². The second-order valence-corrected chi connectivity index (χ2v) is 5.03. The average Bonchev–Trinajstić information content (AvgIpc) is 2.45. The number of nitrogens with one attached hydrogen (secondary N) is 1. The normalized spacial score (nSPS) is 23.9. The van der Waals surface area contributed by atoms with E-state index >= 15 is 0 Å². The summed E-state index contributed by atoms with van der Waals surface area (Å²) in [6.07, 6.45) is 2.79. The highest BCUT2D eigenvalue weighted by atomic mass is 32.2. The van der Waals surface area contributed by atoms with E-state index in [1.807, 2.05) is 11.8 Å². The minimum absolute atomic E-state index is 0.00167. The first-order chi connectivity index (χ1) is 7.11. The minimum atomic E-state index is -0.980. The number of thioether (sulfide) groups is 1. The fraction of sp³-hybridized carbons (Fsp3) is 0.800. The topological polar surface area (TPSA) is 66.4 Å². The number of amides is 1. The molecule has 0 radical (unpaired) electrons.